The number of hydrogen-bond acceptors (Lipinski definition) is 3. The molecule has 0 N–H and O–H groups in total. The van der Waals surface area contributed by atoms with Gasteiger partial charge in [-0.25, -0.2) is 8.42 Å². The molecule has 0 saturated carbocycles. The van der Waals surface area contributed by atoms with Crippen LogP contribution in [0.2, 0.25) is 0 Å². The maximum Gasteiger partial charge on any atom is 0.264 e. The Kier molecular flexibility index (Phi) is 3.57. The van der Waals surface area contributed by atoms with Gasteiger partial charge in [0.05, 0.1) is 10.6 Å². The average Bonchev–Trinajstić information content (AvgIpc) is 2.37. The highest BCUT2D eigenvalue weighted by atomic mass is 32.2. The zero-order chi connectivity index (χ0) is 14.0. The Bertz CT molecular complexity index is 662. The molecule has 0 amide bonds. The third-order valence-corrected chi connectivity index (χ3v) is 4.64. The van der Waals surface area contributed by atoms with E-state index < -0.39 is 10.0 Å². The number of sulfonamides is 1. The Hall–Kier alpha value is -1.88. The third-order valence-electron chi connectivity index (χ3n) is 2.88. The summed E-state index contributed by atoms with van der Waals surface area (Å²) in [6.45, 7) is 3.77. The summed E-state index contributed by atoms with van der Waals surface area (Å²) in [6, 6.07) is 8.64. The predicted molar refractivity (Wildman–Crippen MR) is 75.7 cm³/mol. The van der Waals surface area contributed by atoms with Gasteiger partial charge in [0, 0.05) is 19.4 Å². The SMILES string of the molecule is Cc1cc(C)cc(S(=O)(=O)N(C)c2ccncc2)c1. The van der Waals surface area contributed by atoms with Gasteiger partial charge < -0.3 is 0 Å². The van der Waals surface area contributed by atoms with Crippen LogP contribution in [-0.2, 0) is 10.0 Å². The molecule has 0 atom stereocenters. The fraction of sp³-hybridized carbons (Fsp3) is 0.214. The van der Waals surface area contributed by atoms with Crippen molar-refractivity contribution >= 4 is 15.7 Å². The Labute approximate surface area is 113 Å². The zero-order valence-corrected chi connectivity index (χ0v) is 12.0. The van der Waals surface area contributed by atoms with Crippen LogP contribution >= 0.6 is 0 Å². The maximum atomic E-state index is 12.5. The largest absolute Gasteiger partial charge is 0.269 e. The normalized spacial score (nSPS) is 11.3. The van der Waals surface area contributed by atoms with Crippen LogP contribution in [0, 0.1) is 13.8 Å². The Morgan fingerprint density at radius 1 is 1.00 bits per heavy atom. The molecule has 100 valence electrons. The van der Waals surface area contributed by atoms with Crippen LogP contribution in [0.4, 0.5) is 5.69 Å². The average molecular weight is 276 g/mol. The summed E-state index contributed by atoms with van der Waals surface area (Å²) in [5.41, 5.74) is 2.46. The number of aryl methyl sites for hydroxylation is 2. The van der Waals surface area contributed by atoms with Crippen LogP contribution in [0.3, 0.4) is 0 Å². The van der Waals surface area contributed by atoms with E-state index in [1.54, 1.807) is 43.7 Å². The lowest BCUT2D eigenvalue weighted by atomic mass is 10.2. The number of anilines is 1. The van der Waals surface area contributed by atoms with Crippen LogP contribution in [0.1, 0.15) is 11.1 Å². The first-order chi connectivity index (χ1) is 8.91. The Morgan fingerprint density at radius 3 is 2.05 bits per heavy atom. The van der Waals surface area contributed by atoms with Gasteiger partial charge in [-0.2, -0.15) is 0 Å². The highest BCUT2D eigenvalue weighted by Crippen LogP contribution is 2.22. The van der Waals surface area contributed by atoms with Crippen molar-refractivity contribution in [3.05, 3.63) is 53.9 Å². The summed E-state index contributed by atoms with van der Waals surface area (Å²) in [6.07, 6.45) is 3.14. The minimum absolute atomic E-state index is 0.310. The summed E-state index contributed by atoms with van der Waals surface area (Å²) in [7, 11) is -1.99. The number of rotatable bonds is 3. The van der Waals surface area contributed by atoms with Gasteiger partial charge in [-0.3, -0.25) is 9.29 Å². The molecule has 1 aromatic heterocycles. The highest BCUT2D eigenvalue weighted by molar-refractivity contribution is 7.92. The van der Waals surface area contributed by atoms with E-state index in [2.05, 4.69) is 4.98 Å². The van der Waals surface area contributed by atoms with E-state index in [0.717, 1.165) is 11.1 Å². The van der Waals surface area contributed by atoms with Crippen molar-refractivity contribution in [2.75, 3.05) is 11.4 Å². The van der Waals surface area contributed by atoms with E-state index in [4.69, 9.17) is 0 Å². The minimum atomic E-state index is -3.53. The van der Waals surface area contributed by atoms with E-state index in [1.165, 1.54) is 4.31 Å². The summed E-state index contributed by atoms with van der Waals surface area (Å²) < 4.78 is 26.4. The lowest BCUT2D eigenvalue weighted by Crippen LogP contribution is -2.26. The van der Waals surface area contributed by atoms with Crippen LogP contribution < -0.4 is 4.31 Å². The van der Waals surface area contributed by atoms with Gasteiger partial charge in [0.15, 0.2) is 0 Å². The molecular formula is C14H16N2O2S. The van der Waals surface area contributed by atoms with Crippen molar-refractivity contribution in [3.8, 4) is 0 Å². The van der Waals surface area contributed by atoms with Crippen molar-refractivity contribution in [2.24, 2.45) is 0 Å². The first kappa shape index (κ1) is 13.5. The number of hydrogen-bond donors (Lipinski definition) is 0. The molecule has 4 nitrogen and oxygen atoms in total. The first-order valence-corrected chi connectivity index (χ1v) is 7.32. The lowest BCUT2D eigenvalue weighted by Gasteiger charge is -2.19. The van der Waals surface area contributed by atoms with Crippen LogP contribution in [0.5, 0.6) is 0 Å². The highest BCUT2D eigenvalue weighted by Gasteiger charge is 2.21. The number of pyridine rings is 1. The van der Waals surface area contributed by atoms with Gasteiger partial charge in [0.2, 0.25) is 0 Å². The molecule has 2 aromatic rings. The van der Waals surface area contributed by atoms with Crippen molar-refractivity contribution in [1.29, 1.82) is 0 Å². The molecule has 0 saturated heterocycles. The fourth-order valence-corrected chi connectivity index (χ4v) is 3.32. The third kappa shape index (κ3) is 2.76. The van der Waals surface area contributed by atoms with Crippen molar-refractivity contribution in [3.63, 3.8) is 0 Å². The minimum Gasteiger partial charge on any atom is -0.269 e. The van der Waals surface area contributed by atoms with Gasteiger partial charge in [-0.15, -0.1) is 0 Å². The van der Waals surface area contributed by atoms with E-state index in [-0.39, 0.29) is 0 Å². The van der Waals surface area contributed by atoms with Gasteiger partial charge >= 0.3 is 0 Å². The molecular weight excluding hydrogens is 260 g/mol. The molecule has 0 aliphatic heterocycles. The van der Waals surface area contributed by atoms with Gasteiger partial charge in [-0.1, -0.05) is 6.07 Å². The zero-order valence-electron chi connectivity index (χ0n) is 11.2. The molecule has 0 radical (unpaired) electrons. The van der Waals surface area contributed by atoms with Crippen LogP contribution in [0.15, 0.2) is 47.6 Å². The van der Waals surface area contributed by atoms with Gasteiger partial charge in [0.25, 0.3) is 10.0 Å². The lowest BCUT2D eigenvalue weighted by molar-refractivity contribution is 0.594. The summed E-state index contributed by atoms with van der Waals surface area (Å²) in [5, 5.41) is 0. The molecule has 0 spiro atoms. The molecule has 0 aliphatic carbocycles. The fourth-order valence-electron chi connectivity index (χ4n) is 1.93. The molecule has 1 aromatic carbocycles. The molecule has 1 heterocycles. The standard InChI is InChI=1S/C14H16N2O2S/c1-11-8-12(2)10-14(9-11)19(17,18)16(3)13-4-6-15-7-5-13/h4-10H,1-3H3. The Morgan fingerprint density at radius 2 is 1.53 bits per heavy atom. The predicted octanol–water partition coefficient (Wildman–Crippen LogP) is 2.52. The van der Waals surface area contributed by atoms with Gasteiger partial charge in [0.1, 0.15) is 0 Å². The van der Waals surface area contributed by atoms with Crippen LogP contribution in [-0.4, -0.2) is 20.4 Å². The van der Waals surface area contributed by atoms with Crippen molar-refractivity contribution in [1.82, 2.24) is 4.98 Å². The molecule has 0 aliphatic rings. The van der Waals surface area contributed by atoms with Gasteiger partial charge in [-0.05, 0) is 49.2 Å². The molecule has 0 bridgehead atoms. The van der Waals surface area contributed by atoms with Crippen molar-refractivity contribution < 1.29 is 8.42 Å². The second-order valence-corrected chi connectivity index (χ2v) is 6.47. The molecule has 2 rings (SSSR count). The molecule has 5 heteroatoms. The summed E-state index contributed by atoms with van der Waals surface area (Å²) in [4.78, 5) is 4.20. The topological polar surface area (TPSA) is 50.3 Å². The molecule has 0 unspecified atom stereocenters. The van der Waals surface area contributed by atoms with Crippen LogP contribution in [0.25, 0.3) is 0 Å². The smallest absolute Gasteiger partial charge is 0.264 e. The number of benzene rings is 1. The van der Waals surface area contributed by atoms with E-state index >= 15 is 0 Å². The van der Waals surface area contributed by atoms with E-state index in [0.29, 0.717) is 10.6 Å². The second kappa shape index (κ2) is 5.01. The second-order valence-electron chi connectivity index (χ2n) is 4.50. The first-order valence-electron chi connectivity index (χ1n) is 5.88. The molecule has 0 fully saturated rings. The summed E-state index contributed by atoms with van der Waals surface area (Å²) in [5.74, 6) is 0. The summed E-state index contributed by atoms with van der Waals surface area (Å²) >= 11 is 0. The van der Waals surface area contributed by atoms with E-state index in [1.807, 2.05) is 19.9 Å². The number of aromatic nitrogens is 1. The molecule has 19 heavy (non-hydrogen) atoms. The number of nitrogens with zero attached hydrogens (tertiary/aromatic N) is 2. The quantitative estimate of drug-likeness (QED) is 0.865. The van der Waals surface area contributed by atoms with Crippen molar-refractivity contribution in [2.45, 2.75) is 18.7 Å². The maximum absolute atomic E-state index is 12.5. The Balaban J connectivity index is 2.48. The monoisotopic (exact) mass is 276 g/mol. The van der Waals surface area contributed by atoms with E-state index in [9.17, 15) is 8.42 Å².